The number of anilines is 1. The molecule has 0 spiro atoms. The number of methoxy groups -OCH3 is 1. The van der Waals surface area contributed by atoms with Crippen LogP contribution in [-0.4, -0.2) is 105 Å². The third kappa shape index (κ3) is 11.5. The molecule has 2 heterocycles. The summed E-state index contributed by atoms with van der Waals surface area (Å²) in [5, 5.41) is 17.0. The van der Waals surface area contributed by atoms with Crippen molar-refractivity contribution in [2.45, 2.75) is 25.2 Å². The van der Waals surface area contributed by atoms with Crippen LogP contribution in [0.1, 0.15) is 21.6 Å². The molecule has 36 heavy (non-hydrogen) atoms. The molecule has 0 bridgehead atoms. The van der Waals surface area contributed by atoms with E-state index in [0.29, 0.717) is 5.56 Å². The van der Waals surface area contributed by atoms with Gasteiger partial charge in [0.2, 0.25) is 0 Å². The van der Waals surface area contributed by atoms with E-state index in [-0.39, 0.29) is 5.91 Å². The number of carboxylic acid groups (broad SMARTS) is 2. The zero-order valence-electron chi connectivity index (χ0n) is 20.0. The van der Waals surface area contributed by atoms with Crippen LogP contribution in [0.5, 0.6) is 0 Å². The van der Waals surface area contributed by atoms with Crippen molar-refractivity contribution >= 4 is 23.7 Å². The average Bonchev–Trinajstić information content (AvgIpc) is 2.97. The fourth-order valence-corrected chi connectivity index (χ4v) is 2.76. The minimum absolute atomic E-state index is 0.0838. The number of fused-ring (bicyclic) bond motifs is 1. The van der Waals surface area contributed by atoms with E-state index in [1.165, 1.54) is 5.56 Å². The fourth-order valence-electron chi connectivity index (χ4n) is 2.76. The van der Waals surface area contributed by atoms with Crippen molar-refractivity contribution in [2.75, 3.05) is 59.4 Å². The Bertz CT molecular complexity index is 869. The lowest BCUT2D eigenvalue weighted by Gasteiger charge is -2.18. The molecule has 1 amide bonds. The molecule has 0 radical (unpaired) electrons. The maximum atomic E-state index is 12.1. The van der Waals surface area contributed by atoms with Crippen LogP contribution in [0.2, 0.25) is 0 Å². The Morgan fingerprint density at radius 3 is 1.92 bits per heavy atom. The van der Waals surface area contributed by atoms with Crippen LogP contribution in [0, 0.1) is 0 Å². The second-order valence-electron chi connectivity index (χ2n) is 7.38. The quantitative estimate of drug-likeness (QED) is 0.484. The first-order valence-electron chi connectivity index (χ1n) is 10.2. The van der Waals surface area contributed by atoms with Crippen molar-refractivity contribution in [3.63, 3.8) is 0 Å². The highest BCUT2D eigenvalue weighted by atomic mass is 19.4. The van der Waals surface area contributed by atoms with Gasteiger partial charge in [-0.2, -0.15) is 26.3 Å². The van der Waals surface area contributed by atoms with Gasteiger partial charge in [0.1, 0.15) is 5.82 Å². The summed E-state index contributed by atoms with van der Waals surface area (Å²) >= 11 is 0. The number of hydrogen-bond acceptors (Lipinski definition) is 7. The Morgan fingerprint density at radius 1 is 1.06 bits per heavy atom. The molecule has 3 N–H and O–H groups in total. The zero-order chi connectivity index (χ0) is 28.3. The van der Waals surface area contributed by atoms with Gasteiger partial charge < -0.3 is 30.1 Å². The van der Waals surface area contributed by atoms with E-state index < -0.39 is 24.3 Å². The number of aliphatic carboxylic acids is 2. The van der Waals surface area contributed by atoms with Crippen LogP contribution < -0.4 is 10.2 Å². The van der Waals surface area contributed by atoms with Crippen LogP contribution in [0.3, 0.4) is 0 Å². The second-order valence-corrected chi connectivity index (χ2v) is 7.38. The standard InChI is InChI=1S/C16H26N4O2.2C2HF3O2/c1-17-16(21)13-11-12-5-7-20(9-10-22-4)8-6-14(12)18-15(13)19(2)3;2*3-2(4,5)1(6)7/h11H,5-10H2,1-4H3,(H,17,21);2*(H,6,7). The molecule has 0 aliphatic carbocycles. The maximum Gasteiger partial charge on any atom is 0.490 e. The van der Waals surface area contributed by atoms with Crippen molar-refractivity contribution in [2.24, 2.45) is 0 Å². The first-order valence-corrected chi connectivity index (χ1v) is 10.2. The van der Waals surface area contributed by atoms with Crippen molar-refractivity contribution in [3.05, 3.63) is 22.9 Å². The topological polar surface area (TPSA) is 132 Å². The van der Waals surface area contributed by atoms with E-state index in [9.17, 15) is 31.1 Å². The summed E-state index contributed by atoms with van der Waals surface area (Å²) in [6.45, 7) is 3.64. The largest absolute Gasteiger partial charge is 0.490 e. The predicted octanol–water partition coefficient (Wildman–Crippen LogP) is 1.82. The molecule has 1 aliphatic rings. The van der Waals surface area contributed by atoms with E-state index in [1.807, 2.05) is 25.1 Å². The Morgan fingerprint density at radius 2 is 1.53 bits per heavy atom. The predicted molar refractivity (Wildman–Crippen MR) is 115 cm³/mol. The number of carbonyl (C=O) groups is 3. The van der Waals surface area contributed by atoms with Gasteiger partial charge in [-0.25, -0.2) is 14.6 Å². The number of carbonyl (C=O) groups excluding carboxylic acids is 1. The number of ether oxygens (including phenoxy) is 1. The number of alkyl halides is 6. The van der Waals surface area contributed by atoms with Gasteiger partial charge in [-0.1, -0.05) is 0 Å². The van der Waals surface area contributed by atoms with Crippen molar-refractivity contribution < 1.29 is 55.7 Å². The number of hydrogen-bond donors (Lipinski definition) is 3. The SMILES string of the molecule is CNC(=O)c1cc2c(nc1N(C)C)CCN(CCOC)CC2.O=C(O)C(F)(F)F.O=C(O)C(F)(F)F. The normalized spacial score (nSPS) is 13.6. The van der Waals surface area contributed by atoms with E-state index in [2.05, 4.69) is 10.2 Å². The number of carboxylic acids is 2. The van der Waals surface area contributed by atoms with Crippen LogP contribution in [0.25, 0.3) is 0 Å². The number of aromatic nitrogens is 1. The summed E-state index contributed by atoms with van der Waals surface area (Å²) in [5.74, 6) is -4.86. The molecule has 1 aromatic heterocycles. The highest BCUT2D eigenvalue weighted by Gasteiger charge is 2.38. The van der Waals surface area contributed by atoms with Gasteiger partial charge in [0, 0.05) is 60.0 Å². The van der Waals surface area contributed by atoms with E-state index in [4.69, 9.17) is 29.5 Å². The summed E-state index contributed by atoms with van der Waals surface area (Å²) in [4.78, 5) is 39.0. The first kappa shape index (κ1) is 32.9. The molecule has 0 atom stereocenters. The number of amides is 1. The minimum atomic E-state index is -5.08. The Balaban J connectivity index is 0.000000720. The summed E-state index contributed by atoms with van der Waals surface area (Å²) in [7, 11) is 7.22. The third-order valence-electron chi connectivity index (χ3n) is 4.53. The van der Waals surface area contributed by atoms with E-state index >= 15 is 0 Å². The van der Waals surface area contributed by atoms with E-state index in [0.717, 1.165) is 50.6 Å². The van der Waals surface area contributed by atoms with Crippen molar-refractivity contribution in [3.8, 4) is 0 Å². The zero-order valence-corrected chi connectivity index (χ0v) is 20.0. The van der Waals surface area contributed by atoms with Crippen molar-refractivity contribution in [1.82, 2.24) is 15.2 Å². The minimum Gasteiger partial charge on any atom is -0.475 e. The number of rotatable bonds is 5. The van der Waals surface area contributed by atoms with Gasteiger partial charge in [0.05, 0.1) is 12.2 Å². The van der Waals surface area contributed by atoms with Gasteiger partial charge in [-0.05, 0) is 18.1 Å². The van der Waals surface area contributed by atoms with Gasteiger partial charge in [0.15, 0.2) is 0 Å². The van der Waals surface area contributed by atoms with Crippen molar-refractivity contribution in [1.29, 1.82) is 0 Å². The fraction of sp³-hybridized carbons (Fsp3) is 0.600. The average molecular weight is 534 g/mol. The molecule has 1 aromatic rings. The Hall–Kier alpha value is -3.14. The lowest BCUT2D eigenvalue weighted by molar-refractivity contribution is -0.193. The number of nitrogens with one attached hydrogen (secondary N) is 1. The Kier molecular flexibility index (Phi) is 13.2. The van der Waals surface area contributed by atoms with Crippen LogP contribution in [-0.2, 0) is 27.2 Å². The van der Waals surface area contributed by atoms with Crippen LogP contribution in [0.4, 0.5) is 32.2 Å². The molecule has 0 unspecified atom stereocenters. The lowest BCUT2D eigenvalue weighted by Crippen LogP contribution is -2.29. The lowest BCUT2D eigenvalue weighted by atomic mass is 10.0. The molecule has 10 nitrogen and oxygen atoms in total. The molecule has 0 fully saturated rings. The molecule has 0 saturated carbocycles. The van der Waals surface area contributed by atoms with Gasteiger partial charge >= 0.3 is 24.3 Å². The van der Waals surface area contributed by atoms with Gasteiger partial charge in [0.25, 0.3) is 5.91 Å². The summed E-state index contributed by atoms with van der Waals surface area (Å²) in [5.41, 5.74) is 2.94. The highest BCUT2D eigenvalue weighted by molar-refractivity contribution is 5.99. The molecule has 206 valence electrons. The smallest absolute Gasteiger partial charge is 0.475 e. The van der Waals surface area contributed by atoms with E-state index in [1.54, 1.807) is 14.2 Å². The molecular formula is C20H28F6N4O6. The summed E-state index contributed by atoms with van der Waals surface area (Å²) < 4.78 is 68.6. The number of nitrogens with zero attached hydrogens (tertiary/aromatic N) is 3. The summed E-state index contributed by atoms with van der Waals surface area (Å²) in [6, 6.07) is 2.01. The van der Waals surface area contributed by atoms with Gasteiger partial charge in [-0.3, -0.25) is 4.79 Å². The number of halogens is 6. The highest BCUT2D eigenvalue weighted by Crippen LogP contribution is 2.23. The second kappa shape index (κ2) is 14.4. The molecule has 1 aliphatic heterocycles. The number of pyridine rings is 1. The maximum absolute atomic E-state index is 12.1. The Labute approximate surface area is 202 Å². The summed E-state index contributed by atoms with van der Waals surface area (Å²) in [6.07, 6.45) is -8.34. The third-order valence-corrected chi connectivity index (χ3v) is 4.53. The molecule has 16 heteroatoms. The molecular weight excluding hydrogens is 506 g/mol. The molecule has 0 aromatic carbocycles. The molecule has 2 rings (SSSR count). The molecule has 0 saturated heterocycles. The first-order chi connectivity index (χ1) is 16.4. The van der Waals surface area contributed by atoms with Crippen LogP contribution in [0.15, 0.2) is 6.07 Å². The monoisotopic (exact) mass is 534 g/mol. The van der Waals surface area contributed by atoms with Crippen LogP contribution >= 0.6 is 0 Å². The van der Waals surface area contributed by atoms with Gasteiger partial charge in [-0.15, -0.1) is 0 Å².